The molecule has 4 rings (SSSR count). The van der Waals surface area contributed by atoms with Crippen LogP contribution in [0.2, 0.25) is 5.02 Å². The number of aryl methyl sites for hydroxylation is 1. The zero-order valence-corrected chi connectivity index (χ0v) is 15.2. The highest BCUT2D eigenvalue weighted by Crippen LogP contribution is 2.31. The molecule has 1 aliphatic rings. The molecule has 0 spiro atoms. The van der Waals surface area contributed by atoms with E-state index in [0.717, 1.165) is 34.2 Å². The first kappa shape index (κ1) is 16.6. The second kappa shape index (κ2) is 7.14. The molecule has 0 saturated heterocycles. The number of halogens is 1. The first-order valence-corrected chi connectivity index (χ1v) is 8.89. The third-order valence-electron chi connectivity index (χ3n) is 4.27. The van der Waals surface area contributed by atoms with Gasteiger partial charge in [0, 0.05) is 6.42 Å². The van der Waals surface area contributed by atoms with Gasteiger partial charge in [-0.1, -0.05) is 65.7 Å². The van der Waals surface area contributed by atoms with E-state index in [9.17, 15) is 0 Å². The summed E-state index contributed by atoms with van der Waals surface area (Å²) in [5.41, 5.74) is 5.91. The maximum absolute atomic E-state index is 6.29. The Morgan fingerprint density at radius 3 is 2.46 bits per heavy atom. The van der Waals surface area contributed by atoms with E-state index < -0.39 is 0 Å². The van der Waals surface area contributed by atoms with Gasteiger partial charge < -0.3 is 5.32 Å². The fourth-order valence-corrected chi connectivity index (χ4v) is 3.07. The average molecular weight is 360 g/mol. The summed E-state index contributed by atoms with van der Waals surface area (Å²) in [5, 5.41) is 4.06. The van der Waals surface area contributed by atoms with Crippen LogP contribution in [0.5, 0.6) is 0 Å². The Hall–Kier alpha value is -2.91. The fourth-order valence-electron chi connectivity index (χ4n) is 2.89. The molecule has 1 N–H and O–H groups in total. The maximum Gasteiger partial charge on any atom is 0.113 e. The first-order chi connectivity index (χ1) is 12.7. The van der Waals surface area contributed by atoms with Gasteiger partial charge in [-0.2, -0.15) is 0 Å². The highest BCUT2D eigenvalue weighted by molar-refractivity contribution is 6.33. The van der Waals surface area contributed by atoms with E-state index in [2.05, 4.69) is 36.5 Å². The highest BCUT2D eigenvalue weighted by Gasteiger charge is 2.16. The summed E-state index contributed by atoms with van der Waals surface area (Å²) in [5.74, 6) is 0.822. The van der Waals surface area contributed by atoms with E-state index in [1.165, 1.54) is 5.56 Å². The topological polar surface area (TPSA) is 36.8 Å². The summed E-state index contributed by atoms with van der Waals surface area (Å²) in [6, 6.07) is 24.0. The number of nitrogens with zero attached hydrogens (tertiary/aromatic N) is 2. The van der Waals surface area contributed by atoms with Gasteiger partial charge >= 0.3 is 0 Å². The SMILES string of the molecule is Cc1ccc(C2=Nc3ccccc3NC(=Nc3ccccc3Cl)C2)cc1. The molecule has 1 heterocycles. The van der Waals surface area contributed by atoms with Crippen molar-refractivity contribution in [1.82, 2.24) is 0 Å². The Bertz CT molecular complexity index is 1000. The number of rotatable bonds is 2. The van der Waals surface area contributed by atoms with Crippen molar-refractivity contribution in [3.8, 4) is 0 Å². The van der Waals surface area contributed by atoms with Crippen LogP contribution in [0.25, 0.3) is 0 Å². The second-order valence-electron chi connectivity index (χ2n) is 6.25. The molecule has 0 amide bonds. The van der Waals surface area contributed by atoms with Crippen LogP contribution in [0.4, 0.5) is 17.1 Å². The van der Waals surface area contributed by atoms with Crippen LogP contribution in [0.3, 0.4) is 0 Å². The lowest BCUT2D eigenvalue weighted by atomic mass is 10.1. The van der Waals surface area contributed by atoms with Gasteiger partial charge in [-0.15, -0.1) is 0 Å². The van der Waals surface area contributed by atoms with Gasteiger partial charge in [-0.05, 0) is 36.8 Å². The first-order valence-electron chi connectivity index (χ1n) is 8.52. The molecule has 0 atom stereocenters. The van der Waals surface area contributed by atoms with Crippen molar-refractivity contribution in [2.24, 2.45) is 9.98 Å². The van der Waals surface area contributed by atoms with Gasteiger partial charge in [0.2, 0.25) is 0 Å². The van der Waals surface area contributed by atoms with E-state index in [1.807, 2.05) is 48.5 Å². The predicted molar refractivity (Wildman–Crippen MR) is 111 cm³/mol. The molecule has 0 bridgehead atoms. The van der Waals surface area contributed by atoms with Crippen LogP contribution in [0.15, 0.2) is 82.8 Å². The Morgan fingerprint density at radius 2 is 1.65 bits per heavy atom. The van der Waals surface area contributed by atoms with Crippen LogP contribution in [0.1, 0.15) is 17.5 Å². The summed E-state index contributed by atoms with van der Waals surface area (Å²) < 4.78 is 0. The van der Waals surface area contributed by atoms with Crippen molar-refractivity contribution in [1.29, 1.82) is 0 Å². The van der Waals surface area contributed by atoms with Gasteiger partial charge in [0.05, 0.1) is 27.8 Å². The molecule has 26 heavy (non-hydrogen) atoms. The zero-order valence-electron chi connectivity index (χ0n) is 14.4. The van der Waals surface area contributed by atoms with Crippen LogP contribution in [-0.2, 0) is 0 Å². The molecule has 0 aliphatic carbocycles. The molecule has 3 nitrogen and oxygen atoms in total. The van der Waals surface area contributed by atoms with Crippen molar-refractivity contribution < 1.29 is 0 Å². The van der Waals surface area contributed by atoms with Gasteiger partial charge in [0.15, 0.2) is 0 Å². The summed E-state index contributed by atoms with van der Waals surface area (Å²) >= 11 is 6.29. The van der Waals surface area contributed by atoms with E-state index in [1.54, 1.807) is 0 Å². The molecule has 0 fully saturated rings. The normalized spacial score (nSPS) is 15.0. The Kier molecular flexibility index (Phi) is 4.55. The number of hydrogen-bond acceptors (Lipinski definition) is 2. The molecular formula is C22H18ClN3. The van der Waals surface area contributed by atoms with Crippen molar-refractivity contribution in [2.45, 2.75) is 13.3 Å². The van der Waals surface area contributed by atoms with Gasteiger partial charge in [0.25, 0.3) is 0 Å². The van der Waals surface area contributed by atoms with E-state index in [4.69, 9.17) is 21.6 Å². The van der Waals surface area contributed by atoms with E-state index in [0.29, 0.717) is 11.4 Å². The quantitative estimate of drug-likeness (QED) is 0.571. The standard InChI is InChI=1S/C22H18ClN3/c1-15-10-12-16(13-11-15)21-14-22(25-18-7-3-2-6-17(18)23)26-20-9-5-4-8-19(20)24-21/h2-13H,14H2,1H3,(H,25,26). The largest absolute Gasteiger partial charge is 0.342 e. The van der Waals surface area contributed by atoms with Crippen LogP contribution in [-0.4, -0.2) is 11.5 Å². The van der Waals surface area contributed by atoms with Crippen LogP contribution >= 0.6 is 11.6 Å². The minimum atomic E-state index is 0.600. The number of para-hydroxylation sites is 3. The number of nitrogens with one attached hydrogen (secondary N) is 1. The minimum Gasteiger partial charge on any atom is -0.342 e. The number of fused-ring (bicyclic) bond motifs is 1. The van der Waals surface area contributed by atoms with E-state index in [-0.39, 0.29) is 0 Å². The molecule has 3 aromatic carbocycles. The number of benzene rings is 3. The molecule has 0 unspecified atom stereocenters. The Balaban J connectivity index is 1.80. The smallest absolute Gasteiger partial charge is 0.113 e. The zero-order chi connectivity index (χ0) is 17.9. The lowest BCUT2D eigenvalue weighted by molar-refractivity contribution is 1.39. The van der Waals surface area contributed by atoms with Crippen LogP contribution < -0.4 is 5.32 Å². The lowest BCUT2D eigenvalue weighted by Gasteiger charge is -2.09. The van der Waals surface area contributed by atoms with Crippen LogP contribution in [0, 0.1) is 6.92 Å². The summed E-state index contributed by atoms with van der Waals surface area (Å²) in [6.45, 7) is 2.08. The van der Waals surface area contributed by atoms with Crippen molar-refractivity contribution in [2.75, 3.05) is 5.32 Å². The maximum atomic E-state index is 6.29. The molecule has 3 aromatic rings. The van der Waals surface area contributed by atoms with E-state index >= 15 is 0 Å². The number of aliphatic imine (C=N–C) groups is 2. The molecular weight excluding hydrogens is 342 g/mol. The Labute approximate surface area is 158 Å². The lowest BCUT2D eigenvalue weighted by Crippen LogP contribution is -2.15. The summed E-state index contributed by atoms with van der Waals surface area (Å²) in [6.07, 6.45) is 0.600. The van der Waals surface area contributed by atoms with Gasteiger partial charge in [-0.3, -0.25) is 4.99 Å². The molecule has 0 radical (unpaired) electrons. The molecule has 128 valence electrons. The van der Waals surface area contributed by atoms with Gasteiger partial charge in [-0.25, -0.2) is 4.99 Å². The predicted octanol–water partition coefficient (Wildman–Crippen LogP) is 6.32. The average Bonchev–Trinajstić information content (AvgIpc) is 2.83. The molecule has 0 saturated carbocycles. The number of hydrogen-bond donors (Lipinski definition) is 1. The molecule has 4 heteroatoms. The minimum absolute atomic E-state index is 0.600. The third kappa shape index (κ3) is 3.53. The molecule has 0 aromatic heterocycles. The van der Waals surface area contributed by atoms with Crippen molar-refractivity contribution >= 4 is 40.2 Å². The summed E-state index contributed by atoms with van der Waals surface area (Å²) in [7, 11) is 0. The summed E-state index contributed by atoms with van der Waals surface area (Å²) in [4.78, 5) is 9.66. The van der Waals surface area contributed by atoms with Gasteiger partial charge in [0.1, 0.15) is 5.84 Å². The van der Waals surface area contributed by atoms with Crippen molar-refractivity contribution in [3.05, 3.63) is 88.9 Å². The highest BCUT2D eigenvalue weighted by atomic mass is 35.5. The number of amidine groups is 1. The number of anilines is 1. The molecule has 1 aliphatic heterocycles. The van der Waals surface area contributed by atoms with Crippen molar-refractivity contribution in [3.63, 3.8) is 0 Å². The Morgan fingerprint density at radius 1 is 0.923 bits per heavy atom. The third-order valence-corrected chi connectivity index (χ3v) is 4.59. The monoisotopic (exact) mass is 359 g/mol. The second-order valence-corrected chi connectivity index (χ2v) is 6.66. The fraction of sp³-hybridized carbons (Fsp3) is 0.0909.